The molecule has 8 nitrogen and oxygen atoms in total. The molecule has 1 aliphatic rings. The number of rotatable bonds is 9. The summed E-state index contributed by atoms with van der Waals surface area (Å²) >= 11 is 0. The SMILES string of the molecule is CN=C(NCCCN(C(C)C)C(C)C)NC1CCc2nc(COC)nn2C1. The van der Waals surface area contributed by atoms with Crippen molar-refractivity contribution < 1.29 is 4.74 Å². The molecule has 1 unspecified atom stereocenters. The van der Waals surface area contributed by atoms with Crippen molar-refractivity contribution in [2.45, 2.75) is 78.2 Å². The highest BCUT2D eigenvalue weighted by Crippen LogP contribution is 2.13. The molecule has 1 atom stereocenters. The summed E-state index contributed by atoms with van der Waals surface area (Å²) in [5.74, 6) is 2.67. The molecule has 0 fully saturated rings. The highest BCUT2D eigenvalue weighted by molar-refractivity contribution is 5.79. The van der Waals surface area contributed by atoms with E-state index in [1.165, 1.54) is 0 Å². The summed E-state index contributed by atoms with van der Waals surface area (Å²) in [6.07, 6.45) is 3.04. The van der Waals surface area contributed by atoms with Gasteiger partial charge in [-0.3, -0.25) is 9.89 Å². The van der Waals surface area contributed by atoms with Crippen LogP contribution in [0.25, 0.3) is 0 Å². The van der Waals surface area contributed by atoms with Crippen molar-refractivity contribution in [3.05, 3.63) is 11.6 Å². The van der Waals surface area contributed by atoms with Crippen LogP contribution in [-0.2, 0) is 24.3 Å². The molecule has 1 aromatic rings. The molecule has 8 heteroatoms. The number of fused-ring (bicyclic) bond motifs is 1. The van der Waals surface area contributed by atoms with E-state index in [4.69, 9.17) is 4.74 Å². The molecule has 27 heavy (non-hydrogen) atoms. The van der Waals surface area contributed by atoms with Gasteiger partial charge in [0.15, 0.2) is 11.8 Å². The van der Waals surface area contributed by atoms with Crippen LogP contribution >= 0.6 is 0 Å². The Morgan fingerprint density at radius 1 is 1.33 bits per heavy atom. The van der Waals surface area contributed by atoms with Crippen molar-refractivity contribution in [3.8, 4) is 0 Å². The summed E-state index contributed by atoms with van der Waals surface area (Å²) in [7, 11) is 3.49. The lowest BCUT2D eigenvalue weighted by Gasteiger charge is -2.30. The number of guanidine groups is 1. The van der Waals surface area contributed by atoms with Crippen LogP contribution in [0.5, 0.6) is 0 Å². The number of aryl methyl sites for hydroxylation is 1. The summed E-state index contributed by atoms with van der Waals surface area (Å²) in [5, 5.41) is 11.5. The number of aliphatic imine (C=N–C) groups is 1. The highest BCUT2D eigenvalue weighted by atomic mass is 16.5. The van der Waals surface area contributed by atoms with Gasteiger partial charge < -0.3 is 15.4 Å². The molecule has 0 saturated heterocycles. The lowest BCUT2D eigenvalue weighted by Crippen LogP contribution is -2.47. The zero-order chi connectivity index (χ0) is 19.8. The van der Waals surface area contributed by atoms with Crippen LogP contribution in [0.15, 0.2) is 4.99 Å². The van der Waals surface area contributed by atoms with Crippen LogP contribution in [0.4, 0.5) is 0 Å². The Morgan fingerprint density at radius 3 is 2.70 bits per heavy atom. The molecule has 2 heterocycles. The number of nitrogens with one attached hydrogen (secondary N) is 2. The first kappa shape index (κ1) is 21.6. The average molecular weight is 380 g/mol. The maximum atomic E-state index is 5.13. The second-order valence-electron chi connectivity index (χ2n) is 7.72. The molecule has 2 N–H and O–H groups in total. The highest BCUT2D eigenvalue weighted by Gasteiger charge is 2.22. The molecule has 0 radical (unpaired) electrons. The van der Waals surface area contributed by atoms with E-state index in [0.29, 0.717) is 24.7 Å². The molecule has 154 valence electrons. The first-order chi connectivity index (χ1) is 12.9. The second-order valence-corrected chi connectivity index (χ2v) is 7.72. The summed E-state index contributed by atoms with van der Waals surface area (Å²) in [5.41, 5.74) is 0. The number of hydrogen-bond donors (Lipinski definition) is 2. The first-order valence-corrected chi connectivity index (χ1v) is 10.1. The molecule has 1 aliphatic heterocycles. The molecule has 0 spiro atoms. The maximum absolute atomic E-state index is 5.13. The Bertz CT molecular complexity index is 589. The fraction of sp³-hybridized carbons (Fsp3) is 0.842. The van der Waals surface area contributed by atoms with Crippen LogP contribution in [0.2, 0.25) is 0 Å². The number of aromatic nitrogens is 3. The number of methoxy groups -OCH3 is 1. The van der Waals surface area contributed by atoms with Gasteiger partial charge in [-0.25, -0.2) is 9.67 Å². The molecular weight excluding hydrogens is 342 g/mol. The quantitative estimate of drug-likeness (QED) is 0.384. The molecular formula is C19H37N7O. The van der Waals surface area contributed by atoms with E-state index >= 15 is 0 Å². The molecule has 0 aliphatic carbocycles. The third-order valence-electron chi connectivity index (χ3n) is 4.95. The Balaban J connectivity index is 1.77. The molecule has 2 rings (SSSR count). The van der Waals surface area contributed by atoms with E-state index in [0.717, 1.165) is 56.5 Å². The summed E-state index contributed by atoms with van der Waals surface area (Å²) in [6, 6.07) is 1.46. The van der Waals surface area contributed by atoms with Gasteiger partial charge in [0, 0.05) is 51.8 Å². The van der Waals surface area contributed by atoms with Gasteiger partial charge >= 0.3 is 0 Å². The van der Waals surface area contributed by atoms with Gasteiger partial charge in [0.05, 0.1) is 6.54 Å². The molecule has 1 aromatic heterocycles. The Hall–Kier alpha value is -1.67. The van der Waals surface area contributed by atoms with Crippen LogP contribution in [0, 0.1) is 0 Å². The number of ether oxygens (including phenoxy) is 1. The van der Waals surface area contributed by atoms with Gasteiger partial charge in [-0.05, 0) is 40.5 Å². The van der Waals surface area contributed by atoms with Crippen LogP contribution in [0.3, 0.4) is 0 Å². The monoisotopic (exact) mass is 379 g/mol. The van der Waals surface area contributed by atoms with Crippen molar-refractivity contribution in [2.75, 3.05) is 27.2 Å². The molecule has 0 saturated carbocycles. The number of hydrogen-bond acceptors (Lipinski definition) is 5. The Kier molecular flexibility index (Phi) is 8.50. The summed E-state index contributed by atoms with van der Waals surface area (Å²) in [4.78, 5) is 11.4. The van der Waals surface area contributed by atoms with Crippen LogP contribution < -0.4 is 10.6 Å². The predicted octanol–water partition coefficient (Wildman–Crippen LogP) is 1.41. The van der Waals surface area contributed by atoms with Crippen molar-refractivity contribution >= 4 is 5.96 Å². The Morgan fingerprint density at radius 2 is 2.07 bits per heavy atom. The van der Waals surface area contributed by atoms with E-state index in [1.54, 1.807) is 7.11 Å². The van der Waals surface area contributed by atoms with Gasteiger partial charge in [0.1, 0.15) is 12.4 Å². The normalized spacial score (nSPS) is 17.7. The lowest BCUT2D eigenvalue weighted by molar-refractivity contribution is 0.173. The van der Waals surface area contributed by atoms with E-state index in [-0.39, 0.29) is 0 Å². The van der Waals surface area contributed by atoms with Crippen molar-refractivity contribution in [1.82, 2.24) is 30.3 Å². The minimum atomic E-state index is 0.309. The smallest absolute Gasteiger partial charge is 0.191 e. The largest absolute Gasteiger partial charge is 0.377 e. The van der Waals surface area contributed by atoms with Gasteiger partial charge in [0.25, 0.3) is 0 Å². The molecule has 0 aromatic carbocycles. The molecule has 0 amide bonds. The second kappa shape index (κ2) is 10.6. The lowest BCUT2D eigenvalue weighted by atomic mass is 10.1. The van der Waals surface area contributed by atoms with Gasteiger partial charge in [-0.2, -0.15) is 5.10 Å². The minimum absolute atomic E-state index is 0.309. The van der Waals surface area contributed by atoms with E-state index in [2.05, 4.69) is 58.3 Å². The van der Waals surface area contributed by atoms with E-state index in [9.17, 15) is 0 Å². The van der Waals surface area contributed by atoms with E-state index in [1.807, 2.05) is 11.7 Å². The number of nitrogens with zero attached hydrogens (tertiary/aromatic N) is 5. The van der Waals surface area contributed by atoms with Gasteiger partial charge in [-0.1, -0.05) is 0 Å². The third-order valence-corrected chi connectivity index (χ3v) is 4.95. The van der Waals surface area contributed by atoms with Crippen molar-refractivity contribution in [2.24, 2.45) is 4.99 Å². The van der Waals surface area contributed by atoms with Crippen LogP contribution in [0.1, 0.15) is 52.2 Å². The first-order valence-electron chi connectivity index (χ1n) is 10.1. The average Bonchev–Trinajstić information content (AvgIpc) is 3.01. The summed E-state index contributed by atoms with van der Waals surface area (Å²) in [6.45, 7) is 12.3. The fourth-order valence-corrected chi connectivity index (χ4v) is 3.64. The predicted molar refractivity (Wildman–Crippen MR) is 109 cm³/mol. The zero-order valence-corrected chi connectivity index (χ0v) is 17.8. The standard InChI is InChI=1S/C19H37N7O/c1-14(2)25(15(3)4)11-7-10-21-19(20-5)22-16-8-9-18-23-17(13-27-6)24-26(18)12-16/h14-16H,7-13H2,1-6H3,(H2,20,21,22). The zero-order valence-electron chi connectivity index (χ0n) is 17.8. The topological polar surface area (TPSA) is 79.6 Å². The van der Waals surface area contributed by atoms with E-state index < -0.39 is 0 Å². The van der Waals surface area contributed by atoms with Crippen LogP contribution in [-0.4, -0.2) is 71.0 Å². The fourth-order valence-electron chi connectivity index (χ4n) is 3.64. The minimum Gasteiger partial charge on any atom is -0.377 e. The van der Waals surface area contributed by atoms with Crippen molar-refractivity contribution in [3.63, 3.8) is 0 Å². The third kappa shape index (κ3) is 6.46. The molecule has 0 bridgehead atoms. The van der Waals surface area contributed by atoms with Gasteiger partial charge in [-0.15, -0.1) is 0 Å². The summed E-state index contributed by atoms with van der Waals surface area (Å²) < 4.78 is 7.12. The van der Waals surface area contributed by atoms with Crippen molar-refractivity contribution in [1.29, 1.82) is 0 Å². The Labute approximate surface area is 163 Å². The maximum Gasteiger partial charge on any atom is 0.191 e. The van der Waals surface area contributed by atoms with Gasteiger partial charge in [0.2, 0.25) is 0 Å².